The first-order valence-corrected chi connectivity index (χ1v) is 10.2. The number of ether oxygens (including phenoxy) is 1. The van der Waals surface area contributed by atoms with Crippen LogP contribution >= 0.6 is 0 Å². The molecule has 3 atom stereocenters. The molecule has 0 unspecified atom stereocenters. The van der Waals surface area contributed by atoms with E-state index in [-0.39, 0.29) is 24.7 Å². The van der Waals surface area contributed by atoms with Crippen molar-refractivity contribution in [2.45, 2.75) is 37.5 Å². The van der Waals surface area contributed by atoms with Crippen molar-refractivity contribution in [3.8, 4) is 0 Å². The van der Waals surface area contributed by atoms with E-state index in [1.807, 2.05) is 6.07 Å². The topological polar surface area (TPSA) is 146 Å². The fraction of sp³-hybridized carbons (Fsp3) is 0.304. The van der Waals surface area contributed by atoms with Gasteiger partial charge in [0, 0.05) is 19.0 Å². The molecule has 9 heteroatoms. The standard InChI is InChI=1S/C23H26N4O5/c1-27-19(15-7-9-16(10-8-15)22(24)25)11-17(32-23(27)31)12-20(28)26-18(13-21(29)30)14-5-3-2-4-6-14/h2-10,17-19H,11-13H2,1H3,(H3,24,25)(H,26,28)(H,29,30)/t17-,18-,19+/m1/s1. The van der Waals surface area contributed by atoms with Gasteiger partial charge in [-0.15, -0.1) is 0 Å². The first kappa shape index (κ1) is 22.8. The van der Waals surface area contributed by atoms with Gasteiger partial charge in [0.25, 0.3) is 0 Å². The van der Waals surface area contributed by atoms with E-state index in [0.29, 0.717) is 17.5 Å². The number of amides is 2. The van der Waals surface area contributed by atoms with Crippen molar-refractivity contribution in [2.75, 3.05) is 7.05 Å². The molecule has 1 heterocycles. The summed E-state index contributed by atoms with van der Waals surface area (Å²) in [6.45, 7) is 0. The highest BCUT2D eigenvalue weighted by Crippen LogP contribution is 2.32. The molecule has 5 N–H and O–H groups in total. The van der Waals surface area contributed by atoms with Crippen molar-refractivity contribution in [1.29, 1.82) is 5.41 Å². The largest absolute Gasteiger partial charge is 0.481 e. The highest BCUT2D eigenvalue weighted by atomic mass is 16.6. The molecule has 2 aromatic rings. The molecule has 2 amide bonds. The van der Waals surface area contributed by atoms with Crippen LogP contribution in [0.5, 0.6) is 0 Å². The molecule has 0 aliphatic carbocycles. The molecule has 1 fully saturated rings. The average Bonchev–Trinajstić information content (AvgIpc) is 2.76. The Morgan fingerprint density at radius 2 is 1.88 bits per heavy atom. The summed E-state index contributed by atoms with van der Waals surface area (Å²) in [7, 11) is 1.63. The number of rotatable bonds is 8. The van der Waals surface area contributed by atoms with Gasteiger partial charge in [-0.1, -0.05) is 54.6 Å². The van der Waals surface area contributed by atoms with Gasteiger partial charge in [0.05, 0.1) is 24.9 Å². The Kier molecular flexibility index (Phi) is 7.09. The summed E-state index contributed by atoms with van der Waals surface area (Å²) in [5.74, 6) is -1.47. The van der Waals surface area contributed by atoms with Crippen molar-refractivity contribution in [3.05, 3.63) is 71.3 Å². The van der Waals surface area contributed by atoms with Gasteiger partial charge in [0.2, 0.25) is 5.91 Å². The lowest BCUT2D eigenvalue weighted by molar-refractivity contribution is -0.137. The van der Waals surface area contributed by atoms with Crippen LogP contribution in [0.3, 0.4) is 0 Å². The average molecular weight is 438 g/mol. The number of amidine groups is 1. The fourth-order valence-electron chi connectivity index (χ4n) is 3.75. The third-order valence-electron chi connectivity index (χ3n) is 5.44. The minimum atomic E-state index is -1.03. The Morgan fingerprint density at radius 1 is 1.22 bits per heavy atom. The SMILES string of the molecule is CN1C(=O)O[C@@H](CC(=O)N[C@H](CC(=O)O)c2ccccc2)C[C@H]1c1ccc(C(=N)N)cc1. The number of hydrogen-bond donors (Lipinski definition) is 4. The maximum Gasteiger partial charge on any atom is 0.410 e. The van der Waals surface area contributed by atoms with Gasteiger partial charge >= 0.3 is 12.1 Å². The lowest BCUT2D eigenvalue weighted by atomic mass is 9.95. The second-order valence-corrected chi connectivity index (χ2v) is 7.74. The molecule has 0 spiro atoms. The number of benzene rings is 2. The zero-order chi connectivity index (χ0) is 23.3. The van der Waals surface area contributed by atoms with Crippen molar-refractivity contribution < 1.29 is 24.2 Å². The van der Waals surface area contributed by atoms with Gasteiger partial charge in [0.15, 0.2) is 0 Å². The lowest BCUT2D eigenvalue weighted by Crippen LogP contribution is -2.44. The molecule has 3 rings (SSSR count). The Hall–Kier alpha value is -3.88. The minimum Gasteiger partial charge on any atom is -0.481 e. The molecule has 0 saturated carbocycles. The van der Waals surface area contributed by atoms with Crippen molar-refractivity contribution in [2.24, 2.45) is 5.73 Å². The first-order valence-electron chi connectivity index (χ1n) is 10.2. The maximum atomic E-state index is 12.7. The third-order valence-corrected chi connectivity index (χ3v) is 5.44. The van der Waals surface area contributed by atoms with Crippen LogP contribution in [-0.2, 0) is 14.3 Å². The summed E-state index contributed by atoms with van der Waals surface area (Å²) in [5.41, 5.74) is 7.61. The van der Waals surface area contributed by atoms with E-state index in [1.165, 1.54) is 4.90 Å². The third kappa shape index (κ3) is 5.63. The quantitative estimate of drug-likeness (QED) is 0.368. The minimum absolute atomic E-state index is 0.0446. The Morgan fingerprint density at radius 3 is 2.47 bits per heavy atom. The number of carboxylic acid groups (broad SMARTS) is 1. The lowest BCUT2D eigenvalue weighted by Gasteiger charge is -2.37. The van der Waals surface area contributed by atoms with E-state index in [1.54, 1.807) is 55.6 Å². The van der Waals surface area contributed by atoms with Crippen molar-refractivity contribution in [3.63, 3.8) is 0 Å². The monoisotopic (exact) mass is 438 g/mol. The summed E-state index contributed by atoms with van der Waals surface area (Å²) in [5, 5.41) is 19.5. The number of cyclic esters (lactones) is 1. The molecule has 0 bridgehead atoms. The van der Waals surface area contributed by atoms with E-state index in [4.69, 9.17) is 15.9 Å². The van der Waals surface area contributed by atoms with Crippen LogP contribution in [0.2, 0.25) is 0 Å². The number of hydrogen-bond acceptors (Lipinski definition) is 5. The summed E-state index contributed by atoms with van der Waals surface area (Å²) in [4.78, 5) is 37.8. The smallest absolute Gasteiger partial charge is 0.410 e. The zero-order valence-corrected chi connectivity index (χ0v) is 17.7. The van der Waals surface area contributed by atoms with Crippen molar-refractivity contribution in [1.82, 2.24) is 10.2 Å². The van der Waals surface area contributed by atoms with Crippen LogP contribution < -0.4 is 11.1 Å². The fourth-order valence-corrected chi connectivity index (χ4v) is 3.75. The van der Waals surface area contributed by atoms with Crippen molar-refractivity contribution >= 4 is 23.8 Å². The molecule has 2 aromatic carbocycles. The van der Waals surface area contributed by atoms with Gasteiger partial charge in [-0.3, -0.25) is 15.0 Å². The van der Waals surface area contributed by atoms with E-state index in [9.17, 15) is 19.5 Å². The summed E-state index contributed by atoms with van der Waals surface area (Å²) in [6, 6.07) is 14.9. The molecule has 1 saturated heterocycles. The molecular formula is C23H26N4O5. The molecule has 32 heavy (non-hydrogen) atoms. The van der Waals surface area contributed by atoms with Crippen LogP contribution in [-0.4, -0.2) is 47.0 Å². The van der Waals surface area contributed by atoms with E-state index < -0.39 is 30.1 Å². The van der Waals surface area contributed by atoms with Gasteiger partial charge in [0.1, 0.15) is 11.9 Å². The van der Waals surface area contributed by atoms with Crippen LogP contribution in [0.1, 0.15) is 48.0 Å². The normalized spacial score (nSPS) is 19.0. The predicted octanol–water partition coefficient (Wildman–Crippen LogP) is 2.57. The van der Waals surface area contributed by atoms with E-state index in [2.05, 4.69) is 5.32 Å². The van der Waals surface area contributed by atoms with E-state index in [0.717, 1.165) is 5.56 Å². The summed E-state index contributed by atoms with van der Waals surface area (Å²) >= 11 is 0. The van der Waals surface area contributed by atoms with E-state index >= 15 is 0 Å². The molecular weight excluding hydrogens is 412 g/mol. The molecule has 168 valence electrons. The highest BCUT2D eigenvalue weighted by molar-refractivity contribution is 5.94. The number of nitrogens with zero attached hydrogens (tertiary/aromatic N) is 1. The zero-order valence-electron chi connectivity index (χ0n) is 17.7. The van der Waals surface area contributed by atoms with Crippen LogP contribution in [0.25, 0.3) is 0 Å². The maximum absolute atomic E-state index is 12.7. The number of carboxylic acids is 1. The number of nitrogens with one attached hydrogen (secondary N) is 2. The number of carbonyl (C=O) groups is 3. The molecule has 1 aliphatic rings. The Bertz CT molecular complexity index is 993. The summed E-state index contributed by atoms with van der Waals surface area (Å²) in [6.07, 6.45) is -1.14. The van der Waals surface area contributed by atoms with Gasteiger partial charge in [-0.25, -0.2) is 4.79 Å². The Labute approximate surface area is 185 Å². The van der Waals surface area contributed by atoms with Gasteiger partial charge in [-0.05, 0) is 11.1 Å². The van der Waals surface area contributed by atoms with Crippen LogP contribution in [0.4, 0.5) is 4.79 Å². The Balaban J connectivity index is 1.69. The second-order valence-electron chi connectivity index (χ2n) is 7.74. The number of aliphatic carboxylic acids is 1. The number of nitrogen functional groups attached to an aromatic ring is 1. The highest BCUT2D eigenvalue weighted by Gasteiger charge is 2.35. The predicted molar refractivity (Wildman–Crippen MR) is 117 cm³/mol. The number of nitrogens with two attached hydrogens (primary N) is 1. The molecule has 9 nitrogen and oxygen atoms in total. The second kappa shape index (κ2) is 9.95. The summed E-state index contributed by atoms with van der Waals surface area (Å²) < 4.78 is 5.41. The number of carbonyl (C=O) groups excluding carboxylic acids is 2. The van der Waals surface area contributed by atoms with Crippen LogP contribution in [0, 0.1) is 5.41 Å². The first-order chi connectivity index (χ1) is 15.2. The van der Waals surface area contributed by atoms with Gasteiger partial charge in [-0.2, -0.15) is 0 Å². The van der Waals surface area contributed by atoms with Crippen LogP contribution in [0.15, 0.2) is 54.6 Å². The van der Waals surface area contributed by atoms with Gasteiger partial charge < -0.3 is 25.8 Å². The molecule has 0 radical (unpaired) electrons. The molecule has 1 aliphatic heterocycles. The molecule has 0 aromatic heterocycles.